The molecule has 0 bridgehead atoms. The Hall–Kier alpha value is -1.13. The molecular formula is C10H13NO2S. The number of ether oxygens (including phenoxy) is 1. The summed E-state index contributed by atoms with van der Waals surface area (Å²) < 4.78 is 5.47. The molecule has 3 N–H and O–H groups in total. The lowest BCUT2D eigenvalue weighted by atomic mass is 10.2. The Morgan fingerprint density at radius 3 is 2.79 bits per heavy atom. The highest BCUT2D eigenvalue weighted by Gasteiger charge is 2.09. The van der Waals surface area contributed by atoms with Crippen molar-refractivity contribution in [3.05, 3.63) is 29.8 Å². The maximum Gasteiger partial charge on any atom is 0.145 e. The fourth-order valence-electron chi connectivity index (χ4n) is 0.998. The van der Waals surface area contributed by atoms with Crippen LogP contribution in [0.1, 0.15) is 12.5 Å². The van der Waals surface area contributed by atoms with Crippen LogP contribution in [-0.2, 0) is 6.61 Å². The Balaban J connectivity index is 2.80. The van der Waals surface area contributed by atoms with Gasteiger partial charge in [-0.3, -0.25) is 0 Å². The average Bonchev–Trinajstić information content (AvgIpc) is 2.18. The molecular weight excluding hydrogens is 198 g/mol. The number of rotatable bonds is 4. The first kappa shape index (κ1) is 10.9. The van der Waals surface area contributed by atoms with Gasteiger partial charge in [0.05, 0.1) is 6.61 Å². The van der Waals surface area contributed by atoms with Gasteiger partial charge in [0, 0.05) is 5.56 Å². The third-order valence-electron chi connectivity index (χ3n) is 1.85. The van der Waals surface area contributed by atoms with Gasteiger partial charge in [0.1, 0.15) is 16.8 Å². The molecule has 1 aromatic rings. The molecule has 0 radical (unpaired) electrons. The summed E-state index contributed by atoms with van der Waals surface area (Å²) in [4.78, 5) is 0.303. The van der Waals surface area contributed by atoms with E-state index in [0.29, 0.717) is 10.7 Å². The van der Waals surface area contributed by atoms with Crippen LogP contribution in [0.2, 0.25) is 0 Å². The largest absolute Gasteiger partial charge is 0.483 e. The summed E-state index contributed by atoms with van der Waals surface area (Å²) in [7, 11) is 0. The predicted octanol–water partition coefficient (Wildman–Crippen LogP) is 1.23. The van der Waals surface area contributed by atoms with Gasteiger partial charge in [-0.25, -0.2) is 0 Å². The molecule has 0 aromatic heterocycles. The summed E-state index contributed by atoms with van der Waals surface area (Å²) >= 11 is 4.79. The monoisotopic (exact) mass is 211 g/mol. The molecule has 0 aliphatic carbocycles. The summed E-state index contributed by atoms with van der Waals surface area (Å²) in [5, 5.41) is 9.03. The van der Waals surface area contributed by atoms with Crippen molar-refractivity contribution in [1.82, 2.24) is 0 Å². The summed E-state index contributed by atoms with van der Waals surface area (Å²) in [6, 6.07) is 7.24. The van der Waals surface area contributed by atoms with Gasteiger partial charge < -0.3 is 15.6 Å². The van der Waals surface area contributed by atoms with Gasteiger partial charge >= 0.3 is 0 Å². The normalized spacial score (nSPS) is 12.1. The van der Waals surface area contributed by atoms with Crippen molar-refractivity contribution >= 4 is 17.2 Å². The van der Waals surface area contributed by atoms with Gasteiger partial charge in [0.2, 0.25) is 0 Å². The number of thiocarbonyl (C=S) groups is 1. The number of benzene rings is 1. The fraction of sp³-hybridized carbons (Fsp3) is 0.300. The van der Waals surface area contributed by atoms with Crippen molar-refractivity contribution in [2.75, 3.05) is 0 Å². The molecule has 0 saturated carbocycles. The number of hydrogen-bond donors (Lipinski definition) is 2. The summed E-state index contributed by atoms with van der Waals surface area (Å²) in [6.07, 6.45) is -0.322. The molecule has 4 heteroatoms. The highest BCUT2D eigenvalue weighted by atomic mass is 32.1. The van der Waals surface area contributed by atoms with Gasteiger partial charge in [-0.1, -0.05) is 30.4 Å². The standard InChI is InChI=1S/C10H13NO2S/c1-7(10(11)14)13-9-5-3-2-4-8(9)6-12/h2-5,7,12H,6H2,1H3,(H2,11,14). The van der Waals surface area contributed by atoms with Gasteiger partial charge in [0.25, 0.3) is 0 Å². The van der Waals surface area contributed by atoms with Crippen LogP contribution in [0.25, 0.3) is 0 Å². The molecule has 0 saturated heterocycles. The fourth-order valence-corrected chi connectivity index (χ4v) is 1.05. The second kappa shape index (κ2) is 4.93. The van der Waals surface area contributed by atoms with E-state index in [0.717, 1.165) is 5.56 Å². The number of aliphatic hydroxyl groups excluding tert-OH is 1. The first-order chi connectivity index (χ1) is 6.65. The third-order valence-corrected chi connectivity index (χ3v) is 2.18. The minimum atomic E-state index is -0.322. The zero-order valence-electron chi connectivity index (χ0n) is 7.93. The van der Waals surface area contributed by atoms with Crippen LogP contribution in [0.4, 0.5) is 0 Å². The van der Waals surface area contributed by atoms with E-state index < -0.39 is 0 Å². The Bertz CT molecular complexity index is 328. The quantitative estimate of drug-likeness (QED) is 0.736. The average molecular weight is 211 g/mol. The molecule has 0 heterocycles. The molecule has 0 spiro atoms. The van der Waals surface area contributed by atoms with Crippen LogP contribution in [0.3, 0.4) is 0 Å². The van der Waals surface area contributed by atoms with E-state index in [1.807, 2.05) is 12.1 Å². The van der Waals surface area contributed by atoms with Crippen LogP contribution in [0.5, 0.6) is 5.75 Å². The van der Waals surface area contributed by atoms with Crippen LogP contribution < -0.4 is 10.5 Å². The first-order valence-corrected chi connectivity index (χ1v) is 4.70. The van der Waals surface area contributed by atoms with E-state index in [2.05, 4.69) is 0 Å². The maximum absolute atomic E-state index is 9.03. The highest BCUT2D eigenvalue weighted by molar-refractivity contribution is 7.80. The van der Waals surface area contributed by atoms with E-state index in [1.165, 1.54) is 0 Å². The molecule has 76 valence electrons. The van der Waals surface area contributed by atoms with E-state index in [9.17, 15) is 0 Å². The Morgan fingerprint density at radius 1 is 1.57 bits per heavy atom. The second-order valence-corrected chi connectivity index (χ2v) is 3.40. The Morgan fingerprint density at radius 2 is 2.21 bits per heavy atom. The molecule has 0 aliphatic heterocycles. The number of aliphatic hydroxyl groups is 1. The number of para-hydroxylation sites is 1. The van der Waals surface area contributed by atoms with Gasteiger partial charge in [-0.05, 0) is 13.0 Å². The molecule has 0 aliphatic rings. The van der Waals surface area contributed by atoms with Crippen molar-refractivity contribution in [3.63, 3.8) is 0 Å². The molecule has 1 unspecified atom stereocenters. The highest BCUT2D eigenvalue weighted by Crippen LogP contribution is 2.18. The first-order valence-electron chi connectivity index (χ1n) is 4.30. The summed E-state index contributed by atoms with van der Waals surface area (Å²) in [5.41, 5.74) is 6.15. The van der Waals surface area contributed by atoms with E-state index in [4.69, 9.17) is 27.8 Å². The van der Waals surface area contributed by atoms with E-state index in [1.54, 1.807) is 19.1 Å². The smallest absolute Gasteiger partial charge is 0.145 e. The molecule has 0 fully saturated rings. The van der Waals surface area contributed by atoms with E-state index >= 15 is 0 Å². The van der Waals surface area contributed by atoms with Crippen molar-refractivity contribution in [1.29, 1.82) is 0 Å². The second-order valence-electron chi connectivity index (χ2n) is 2.93. The van der Waals surface area contributed by atoms with Gasteiger partial charge in [-0.15, -0.1) is 0 Å². The zero-order chi connectivity index (χ0) is 10.6. The lowest BCUT2D eigenvalue weighted by Gasteiger charge is -2.15. The summed E-state index contributed by atoms with van der Waals surface area (Å²) in [6.45, 7) is 1.72. The van der Waals surface area contributed by atoms with Crippen molar-refractivity contribution in [2.24, 2.45) is 5.73 Å². The minimum Gasteiger partial charge on any atom is -0.483 e. The molecule has 1 rings (SSSR count). The maximum atomic E-state index is 9.03. The number of nitrogens with two attached hydrogens (primary N) is 1. The summed E-state index contributed by atoms with van der Waals surface area (Å²) in [5.74, 6) is 0.621. The molecule has 3 nitrogen and oxygen atoms in total. The molecule has 1 aromatic carbocycles. The SMILES string of the molecule is CC(Oc1ccccc1CO)C(N)=S. The molecule has 1 atom stereocenters. The predicted molar refractivity (Wildman–Crippen MR) is 59.2 cm³/mol. The minimum absolute atomic E-state index is 0.0553. The van der Waals surface area contributed by atoms with Crippen LogP contribution in [0.15, 0.2) is 24.3 Å². The zero-order valence-corrected chi connectivity index (χ0v) is 8.75. The van der Waals surface area contributed by atoms with Crippen molar-refractivity contribution < 1.29 is 9.84 Å². The van der Waals surface area contributed by atoms with E-state index in [-0.39, 0.29) is 12.7 Å². The van der Waals surface area contributed by atoms with Crippen LogP contribution >= 0.6 is 12.2 Å². The Labute approximate surface area is 88.5 Å². The molecule has 0 amide bonds. The van der Waals surface area contributed by atoms with Crippen LogP contribution in [0, 0.1) is 0 Å². The lowest BCUT2D eigenvalue weighted by molar-refractivity contribution is 0.253. The van der Waals surface area contributed by atoms with Crippen molar-refractivity contribution in [3.8, 4) is 5.75 Å². The topological polar surface area (TPSA) is 55.5 Å². The van der Waals surface area contributed by atoms with Gasteiger partial charge in [-0.2, -0.15) is 0 Å². The van der Waals surface area contributed by atoms with Crippen LogP contribution in [-0.4, -0.2) is 16.2 Å². The lowest BCUT2D eigenvalue weighted by Crippen LogP contribution is -2.29. The van der Waals surface area contributed by atoms with Gasteiger partial charge in [0.15, 0.2) is 0 Å². The Kier molecular flexibility index (Phi) is 3.85. The third kappa shape index (κ3) is 2.68. The van der Waals surface area contributed by atoms with Crippen molar-refractivity contribution in [2.45, 2.75) is 19.6 Å². The number of hydrogen-bond acceptors (Lipinski definition) is 3. The molecule has 14 heavy (non-hydrogen) atoms.